The van der Waals surface area contributed by atoms with Crippen molar-refractivity contribution in [2.75, 3.05) is 48.1 Å². The molecule has 1 heterocycles. The van der Waals surface area contributed by atoms with E-state index in [2.05, 4.69) is 11.8 Å². The van der Waals surface area contributed by atoms with Crippen molar-refractivity contribution < 1.29 is 34.3 Å². The lowest BCUT2D eigenvalue weighted by Crippen LogP contribution is -2.82. The van der Waals surface area contributed by atoms with Gasteiger partial charge in [0.2, 0.25) is 0 Å². The number of ether oxygens (including phenoxy) is 4. The molecule has 188 valence electrons. The Morgan fingerprint density at radius 1 is 1.09 bits per heavy atom. The van der Waals surface area contributed by atoms with Gasteiger partial charge in [-0.25, -0.2) is 0 Å². The first-order valence-corrected chi connectivity index (χ1v) is 12.7. The highest BCUT2D eigenvalue weighted by molar-refractivity contribution is 5.41. The molecule has 3 N–H and O–H groups in total. The highest BCUT2D eigenvalue weighted by atomic mass is 16.5. The van der Waals surface area contributed by atoms with Crippen LogP contribution in [0.4, 0.5) is 0 Å². The van der Waals surface area contributed by atoms with E-state index in [1.54, 1.807) is 28.4 Å². The Labute approximate surface area is 196 Å². The first kappa shape index (κ1) is 23.1. The van der Waals surface area contributed by atoms with Gasteiger partial charge in [0.1, 0.15) is 11.2 Å². The Morgan fingerprint density at radius 2 is 1.85 bits per heavy atom. The van der Waals surface area contributed by atoms with Gasteiger partial charge in [0, 0.05) is 70.0 Å². The number of fused-ring (bicyclic) bond motifs is 2. The maximum absolute atomic E-state index is 12.9. The first-order chi connectivity index (χ1) is 15.8. The molecule has 6 fully saturated rings. The lowest BCUT2D eigenvalue weighted by Gasteiger charge is -2.70. The second-order valence-electron chi connectivity index (χ2n) is 11.9. The van der Waals surface area contributed by atoms with Gasteiger partial charge >= 0.3 is 0 Å². The molecule has 0 aromatic rings. The largest absolute Gasteiger partial charge is 0.392 e. The van der Waals surface area contributed by atoms with Crippen LogP contribution in [0, 0.1) is 34.5 Å². The minimum Gasteiger partial charge on any atom is -0.392 e. The third kappa shape index (κ3) is 2.16. The van der Waals surface area contributed by atoms with Crippen LogP contribution in [0.15, 0.2) is 0 Å². The van der Waals surface area contributed by atoms with Gasteiger partial charge in [0.15, 0.2) is 0 Å². The minimum absolute atomic E-state index is 0.0563. The molecule has 1 spiro atoms. The van der Waals surface area contributed by atoms with Crippen molar-refractivity contribution in [2.24, 2.45) is 34.5 Å². The zero-order chi connectivity index (χ0) is 23.6. The van der Waals surface area contributed by atoms with Crippen molar-refractivity contribution in [3.8, 4) is 0 Å². The van der Waals surface area contributed by atoms with Gasteiger partial charge in [-0.1, -0.05) is 6.92 Å². The maximum atomic E-state index is 12.9. The van der Waals surface area contributed by atoms with Crippen molar-refractivity contribution in [3.63, 3.8) is 0 Å². The van der Waals surface area contributed by atoms with Crippen LogP contribution in [0.5, 0.6) is 0 Å². The predicted molar refractivity (Wildman–Crippen MR) is 119 cm³/mol. The monoisotopic (exact) mass is 467 g/mol. The summed E-state index contributed by atoms with van der Waals surface area (Å²) in [5.41, 5.74) is -3.53. The fourth-order valence-electron chi connectivity index (χ4n) is 11.1. The number of likely N-dealkylation sites (tertiary alicyclic amines) is 1. The number of hydrogen-bond acceptors (Lipinski definition) is 8. The SMILES string of the molecule is CCN1CC2(COC)CCC(O)C34C5CC6C(OC)CC(OC)(C5C6OC)C(O)(C(O)C23)C14. The number of piperidine rings is 1. The van der Waals surface area contributed by atoms with E-state index < -0.39 is 28.8 Å². The van der Waals surface area contributed by atoms with Gasteiger partial charge < -0.3 is 34.3 Å². The third-order valence-corrected chi connectivity index (χ3v) is 11.6. The summed E-state index contributed by atoms with van der Waals surface area (Å²) >= 11 is 0. The molecular weight excluding hydrogens is 426 g/mol. The van der Waals surface area contributed by atoms with Crippen LogP contribution in [-0.2, 0) is 18.9 Å². The molecule has 33 heavy (non-hydrogen) atoms. The summed E-state index contributed by atoms with van der Waals surface area (Å²) in [6, 6.07) is -0.386. The number of likely N-dealkylation sites (N-methyl/N-ethyl adjacent to an activating group) is 1. The van der Waals surface area contributed by atoms with Gasteiger partial charge in [-0.3, -0.25) is 4.90 Å². The smallest absolute Gasteiger partial charge is 0.136 e. The van der Waals surface area contributed by atoms with E-state index in [1.165, 1.54) is 0 Å². The molecule has 0 amide bonds. The average Bonchev–Trinajstić information content (AvgIpc) is 3.21. The fraction of sp³-hybridized carbons (Fsp3) is 1.00. The highest BCUT2D eigenvalue weighted by Gasteiger charge is 2.91. The van der Waals surface area contributed by atoms with E-state index in [9.17, 15) is 15.3 Å². The molecule has 0 aromatic heterocycles. The molecule has 1 aliphatic heterocycles. The van der Waals surface area contributed by atoms with Crippen molar-refractivity contribution in [3.05, 3.63) is 0 Å². The summed E-state index contributed by atoms with van der Waals surface area (Å²) in [5, 5.41) is 37.1. The summed E-state index contributed by atoms with van der Waals surface area (Å²) < 4.78 is 24.3. The molecule has 13 atom stereocenters. The van der Waals surface area contributed by atoms with Crippen molar-refractivity contribution in [1.82, 2.24) is 4.90 Å². The molecule has 6 aliphatic rings. The van der Waals surface area contributed by atoms with Crippen LogP contribution in [0.1, 0.15) is 32.6 Å². The van der Waals surface area contributed by atoms with Crippen LogP contribution in [0.2, 0.25) is 0 Å². The molecular formula is C25H41NO7. The summed E-state index contributed by atoms with van der Waals surface area (Å²) in [4.78, 5) is 2.33. The molecule has 6 rings (SSSR count). The van der Waals surface area contributed by atoms with E-state index in [1.807, 2.05) is 0 Å². The number of methoxy groups -OCH3 is 4. The molecule has 5 saturated carbocycles. The van der Waals surface area contributed by atoms with Crippen LogP contribution in [-0.4, -0.2) is 110 Å². The van der Waals surface area contributed by atoms with Crippen LogP contribution >= 0.6 is 0 Å². The first-order valence-electron chi connectivity index (χ1n) is 12.7. The molecule has 8 nitrogen and oxygen atoms in total. The van der Waals surface area contributed by atoms with Crippen LogP contribution in [0.3, 0.4) is 0 Å². The zero-order valence-corrected chi connectivity index (χ0v) is 20.6. The predicted octanol–water partition coefficient (Wildman–Crippen LogP) is 0.271. The van der Waals surface area contributed by atoms with E-state index in [-0.39, 0.29) is 47.3 Å². The molecule has 0 radical (unpaired) electrons. The molecule has 7 bridgehead atoms. The molecule has 5 aliphatic carbocycles. The Balaban J connectivity index is 1.67. The standard InChI is InChI=1S/C25H41NO7/c1-6-26-11-22(12-30-2)8-7-16(27)24-14-9-13-15(31-3)10-23(33-5,17(14)18(13)32-4)25(29,21(24)26)20(28)19(22)24/h13-21,27-29H,6-12H2,1-5H3. The third-order valence-electron chi connectivity index (χ3n) is 11.6. The molecule has 1 saturated heterocycles. The number of aliphatic hydroxyl groups excluding tert-OH is 2. The normalized spacial score (nSPS) is 60.9. The topological polar surface area (TPSA) is 101 Å². The lowest BCUT2D eigenvalue weighted by molar-refractivity contribution is -0.324. The van der Waals surface area contributed by atoms with Gasteiger partial charge in [-0.15, -0.1) is 0 Å². The summed E-state index contributed by atoms with van der Waals surface area (Å²) in [7, 11) is 6.84. The highest BCUT2D eigenvalue weighted by Crippen LogP contribution is 2.80. The van der Waals surface area contributed by atoms with Gasteiger partial charge in [0.05, 0.1) is 37.1 Å². The quantitative estimate of drug-likeness (QED) is 0.512. The zero-order valence-electron chi connectivity index (χ0n) is 20.6. The number of nitrogens with zero attached hydrogens (tertiary/aromatic N) is 1. The van der Waals surface area contributed by atoms with Crippen molar-refractivity contribution in [2.45, 2.75) is 74.3 Å². The summed E-state index contributed by atoms with van der Waals surface area (Å²) in [6.45, 7) is 4.11. The maximum Gasteiger partial charge on any atom is 0.136 e. The van der Waals surface area contributed by atoms with Crippen LogP contribution < -0.4 is 0 Å². The summed E-state index contributed by atoms with van der Waals surface area (Å²) in [6.07, 6.45) is 0.890. The second-order valence-corrected chi connectivity index (χ2v) is 11.9. The van der Waals surface area contributed by atoms with Gasteiger partial charge in [-0.05, 0) is 31.7 Å². The average molecular weight is 468 g/mol. The number of rotatable bonds is 6. The Kier molecular flexibility index (Phi) is 4.99. The molecule has 0 aromatic carbocycles. The van der Waals surface area contributed by atoms with E-state index in [0.717, 1.165) is 25.9 Å². The Morgan fingerprint density at radius 3 is 2.45 bits per heavy atom. The second kappa shape index (κ2) is 7.13. The molecule has 8 heteroatoms. The van der Waals surface area contributed by atoms with Crippen LogP contribution in [0.25, 0.3) is 0 Å². The summed E-state index contributed by atoms with van der Waals surface area (Å²) in [5.74, 6) is -0.142. The number of hydrogen-bond donors (Lipinski definition) is 3. The minimum atomic E-state index is -1.55. The fourth-order valence-corrected chi connectivity index (χ4v) is 11.1. The Hall–Kier alpha value is -0.320. The molecule has 13 unspecified atom stereocenters. The van der Waals surface area contributed by atoms with Crippen molar-refractivity contribution in [1.29, 1.82) is 0 Å². The number of aliphatic hydroxyl groups is 3. The van der Waals surface area contributed by atoms with E-state index in [4.69, 9.17) is 18.9 Å². The van der Waals surface area contributed by atoms with E-state index in [0.29, 0.717) is 19.4 Å². The van der Waals surface area contributed by atoms with Gasteiger partial charge in [-0.2, -0.15) is 0 Å². The lowest BCUT2D eigenvalue weighted by atomic mass is 9.42. The van der Waals surface area contributed by atoms with Crippen molar-refractivity contribution >= 4 is 0 Å². The van der Waals surface area contributed by atoms with E-state index >= 15 is 0 Å². The Bertz CT molecular complexity index is 814. The van der Waals surface area contributed by atoms with Gasteiger partial charge in [0.25, 0.3) is 0 Å².